The van der Waals surface area contributed by atoms with Crippen molar-refractivity contribution < 1.29 is 22.4 Å². The second kappa shape index (κ2) is 8.75. The first-order valence-electron chi connectivity index (χ1n) is 8.05. The number of carbonyl (C=O) groups is 2. The monoisotopic (exact) mass is 402 g/mol. The first-order chi connectivity index (χ1) is 12.2. The van der Waals surface area contributed by atoms with Crippen LogP contribution in [-0.4, -0.2) is 61.7 Å². The van der Waals surface area contributed by atoms with E-state index in [0.717, 1.165) is 6.26 Å². The van der Waals surface area contributed by atoms with Crippen LogP contribution in [0.3, 0.4) is 0 Å². The third kappa shape index (κ3) is 5.89. The fourth-order valence-corrected chi connectivity index (χ4v) is 3.56. The summed E-state index contributed by atoms with van der Waals surface area (Å²) in [5.74, 6) is -0.935. The summed E-state index contributed by atoms with van der Waals surface area (Å²) < 4.78 is 37.3. The number of rotatable bonds is 6. The molecule has 0 saturated carbocycles. The van der Waals surface area contributed by atoms with Crippen molar-refractivity contribution in [2.75, 3.05) is 32.4 Å². The van der Waals surface area contributed by atoms with E-state index in [1.165, 1.54) is 34.7 Å². The van der Waals surface area contributed by atoms with Crippen LogP contribution in [-0.2, 0) is 19.6 Å². The van der Waals surface area contributed by atoms with Gasteiger partial charge in [-0.1, -0.05) is 23.7 Å². The molecule has 26 heavy (non-hydrogen) atoms. The van der Waals surface area contributed by atoms with E-state index in [0.29, 0.717) is 18.7 Å². The summed E-state index contributed by atoms with van der Waals surface area (Å²) in [6.45, 7) is 1.18. The Morgan fingerprint density at radius 2 is 1.85 bits per heavy atom. The van der Waals surface area contributed by atoms with Crippen LogP contribution >= 0.6 is 11.6 Å². The van der Waals surface area contributed by atoms with Gasteiger partial charge >= 0.3 is 0 Å². The van der Waals surface area contributed by atoms with E-state index in [4.69, 9.17) is 11.6 Å². The van der Waals surface area contributed by atoms with E-state index < -0.39 is 15.8 Å². The van der Waals surface area contributed by atoms with E-state index in [-0.39, 0.29) is 42.6 Å². The smallest absolute Gasteiger partial charge is 0.223 e. The lowest BCUT2D eigenvalue weighted by Crippen LogP contribution is -2.50. The number of benzene rings is 1. The van der Waals surface area contributed by atoms with Crippen molar-refractivity contribution in [3.63, 3.8) is 0 Å². The van der Waals surface area contributed by atoms with E-state index in [9.17, 15) is 22.4 Å². The SMILES string of the molecule is CS(=O)(=O)N1CCN(C(=O)CCC(=O)/C=C/c2ccc(F)c(Cl)c2)CC1. The number of halogens is 2. The van der Waals surface area contributed by atoms with Crippen LogP contribution in [0.25, 0.3) is 6.08 Å². The summed E-state index contributed by atoms with van der Waals surface area (Å²) in [7, 11) is -3.24. The van der Waals surface area contributed by atoms with Crippen LogP contribution in [0.5, 0.6) is 0 Å². The molecule has 1 aromatic rings. The number of allylic oxidation sites excluding steroid dienone is 1. The Bertz CT molecular complexity index is 818. The summed E-state index contributed by atoms with van der Waals surface area (Å²) in [6, 6.07) is 4.12. The lowest BCUT2D eigenvalue weighted by Gasteiger charge is -2.33. The number of amides is 1. The van der Waals surface area contributed by atoms with Crippen molar-refractivity contribution in [2.45, 2.75) is 12.8 Å². The third-order valence-electron chi connectivity index (χ3n) is 4.05. The maximum atomic E-state index is 13.1. The summed E-state index contributed by atoms with van der Waals surface area (Å²) in [5.41, 5.74) is 0.591. The standard InChI is InChI=1S/C17H20ClFN2O4S/c1-26(24,25)21-10-8-20(9-11-21)17(23)7-5-14(22)4-2-13-3-6-16(19)15(18)12-13/h2-4,6,12H,5,7-11H2,1H3/b4-2+. The Hall–Kier alpha value is -1.77. The van der Waals surface area contributed by atoms with Crippen LogP contribution in [0.15, 0.2) is 24.3 Å². The van der Waals surface area contributed by atoms with Gasteiger partial charge in [0.15, 0.2) is 5.78 Å². The quantitative estimate of drug-likeness (QED) is 0.681. The molecule has 1 fully saturated rings. The minimum Gasteiger partial charge on any atom is -0.340 e. The average molecular weight is 403 g/mol. The number of piperazine rings is 1. The van der Waals surface area contributed by atoms with E-state index in [1.54, 1.807) is 4.90 Å². The van der Waals surface area contributed by atoms with Gasteiger partial charge in [-0.05, 0) is 23.8 Å². The normalized spacial score (nSPS) is 16.2. The third-order valence-corrected chi connectivity index (χ3v) is 5.64. The Labute approximate surface area is 157 Å². The van der Waals surface area contributed by atoms with Crippen LogP contribution in [0.1, 0.15) is 18.4 Å². The lowest BCUT2D eigenvalue weighted by molar-refractivity contribution is -0.133. The van der Waals surface area contributed by atoms with Crippen molar-refractivity contribution in [1.82, 2.24) is 9.21 Å². The summed E-state index contributed by atoms with van der Waals surface area (Å²) in [4.78, 5) is 25.6. The molecule has 142 valence electrons. The molecule has 0 radical (unpaired) electrons. The van der Waals surface area contributed by atoms with Gasteiger partial charge in [-0.15, -0.1) is 0 Å². The highest BCUT2D eigenvalue weighted by molar-refractivity contribution is 7.88. The van der Waals surface area contributed by atoms with Gasteiger partial charge in [0.2, 0.25) is 15.9 Å². The lowest BCUT2D eigenvalue weighted by atomic mass is 10.1. The zero-order chi connectivity index (χ0) is 19.3. The van der Waals surface area contributed by atoms with Crippen LogP contribution in [0.4, 0.5) is 4.39 Å². The van der Waals surface area contributed by atoms with E-state index in [2.05, 4.69) is 0 Å². The molecule has 0 atom stereocenters. The molecule has 1 aliphatic heterocycles. The van der Waals surface area contributed by atoms with Gasteiger partial charge in [0.05, 0.1) is 11.3 Å². The number of carbonyl (C=O) groups excluding carboxylic acids is 2. The van der Waals surface area contributed by atoms with Gasteiger partial charge in [0.1, 0.15) is 5.82 Å². The molecule has 1 heterocycles. The predicted octanol–water partition coefficient (Wildman–Crippen LogP) is 1.95. The Morgan fingerprint density at radius 1 is 1.19 bits per heavy atom. The van der Waals surface area contributed by atoms with Gasteiger partial charge in [-0.3, -0.25) is 9.59 Å². The molecular formula is C17H20ClFN2O4S. The first-order valence-corrected chi connectivity index (χ1v) is 10.3. The molecule has 0 aromatic heterocycles. The zero-order valence-electron chi connectivity index (χ0n) is 14.3. The Balaban J connectivity index is 1.79. The number of ketones is 1. The summed E-state index contributed by atoms with van der Waals surface area (Å²) >= 11 is 5.67. The van der Waals surface area contributed by atoms with Crippen LogP contribution in [0, 0.1) is 5.82 Å². The molecule has 1 saturated heterocycles. The fourth-order valence-electron chi connectivity index (χ4n) is 2.55. The van der Waals surface area contributed by atoms with Crippen LogP contribution < -0.4 is 0 Å². The predicted molar refractivity (Wildman–Crippen MR) is 97.7 cm³/mol. The highest BCUT2D eigenvalue weighted by Crippen LogP contribution is 2.17. The number of hydrogen-bond donors (Lipinski definition) is 0. The maximum Gasteiger partial charge on any atom is 0.223 e. The molecular weight excluding hydrogens is 383 g/mol. The van der Waals surface area contributed by atoms with E-state index >= 15 is 0 Å². The Morgan fingerprint density at radius 3 is 2.42 bits per heavy atom. The highest BCUT2D eigenvalue weighted by atomic mass is 35.5. The van der Waals surface area contributed by atoms with Gasteiger partial charge in [0, 0.05) is 39.0 Å². The number of sulfonamides is 1. The second-order valence-electron chi connectivity index (χ2n) is 6.02. The summed E-state index contributed by atoms with van der Waals surface area (Å²) in [6.07, 6.45) is 4.11. The van der Waals surface area contributed by atoms with Crippen molar-refractivity contribution in [1.29, 1.82) is 0 Å². The molecule has 2 rings (SSSR count). The molecule has 1 aromatic carbocycles. The van der Waals surface area contributed by atoms with Crippen molar-refractivity contribution in [3.8, 4) is 0 Å². The maximum absolute atomic E-state index is 13.1. The fraction of sp³-hybridized carbons (Fsp3) is 0.412. The first kappa shape index (κ1) is 20.5. The second-order valence-corrected chi connectivity index (χ2v) is 8.41. The topological polar surface area (TPSA) is 74.8 Å². The van der Waals surface area contributed by atoms with Crippen molar-refractivity contribution >= 4 is 39.4 Å². The average Bonchev–Trinajstić information content (AvgIpc) is 2.60. The molecule has 0 spiro atoms. The molecule has 0 bridgehead atoms. The number of hydrogen-bond acceptors (Lipinski definition) is 4. The Kier molecular flexibility index (Phi) is 6.91. The largest absolute Gasteiger partial charge is 0.340 e. The minimum absolute atomic E-state index is 0.0250. The van der Waals surface area contributed by atoms with Gasteiger partial charge in [-0.2, -0.15) is 4.31 Å². The molecule has 0 aliphatic carbocycles. The van der Waals surface area contributed by atoms with Gasteiger partial charge in [-0.25, -0.2) is 12.8 Å². The van der Waals surface area contributed by atoms with Gasteiger partial charge < -0.3 is 4.90 Å². The zero-order valence-corrected chi connectivity index (χ0v) is 15.9. The van der Waals surface area contributed by atoms with E-state index in [1.807, 2.05) is 0 Å². The van der Waals surface area contributed by atoms with Crippen molar-refractivity contribution in [3.05, 3.63) is 40.7 Å². The molecule has 1 aliphatic rings. The van der Waals surface area contributed by atoms with Crippen LogP contribution in [0.2, 0.25) is 5.02 Å². The molecule has 6 nitrogen and oxygen atoms in total. The molecule has 0 N–H and O–H groups in total. The van der Waals surface area contributed by atoms with Crippen molar-refractivity contribution in [2.24, 2.45) is 0 Å². The highest BCUT2D eigenvalue weighted by Gasteiger charge is 2.25. The minimum atomic E-state index is -3.24. The molecule has 9 heteroatoms. The number of nitrogens with zero attached hydrogens (tertiary/aromatic N) is 2. The van der Waals surface area contributed by atoms with Gasteiger partial charge in [0.25, 0.3) is 0 Å². The molecule has 1 amide bonds. The summed E-state index contributed by atoms with van der Waals surface area (Å²) in [5, 5.41) is -0.0250. The molecule has 0 unspecified atom stereocenters.